The van der Waals surface area contributed by atoms with Crippen LogP contribution in [-0.2, 0) is 10.2 Å². The van der Waals surface area contributed by atoms with E-state index in [9.17, 15) is 14.4 Å². The number of methoxy groups -OCH3 is 1. The van der Waals surface area contributed by atoms with E-state index < -0.39 is 6.03 Å². The normalized spacial score (nSPS) is 14.4. The smallest absolute Gasteiger partial charge is 0.328 e. The minimum atomic E-state index is -0.480. The van der Waals surface area contributed by atoms with Gasteiger partial charge in [0.15, 0.2) is 0 Å². The van der Waals surface area contributed by atoms with Crippen molar-refractivity contribution >= 4 is 29.2 Å². The summed E-state index contributed by atoms with van der Waals surface area (Å²) < 4.78 is 5.62. The monoisotopic (exact) mass is 395 g/mol. The van der Waals surface area contributed by atoms with Gasteiger partial charge in [-0.05, 0) is 29.7 Å². The average Bonchev–Trinajstić information content (AvgIpc) is 2.67. The van der Waals surface area contributed by atoms with Crippen LogP contribution >= 0.6 is 0 Å². The number of hydrogen-bond acceptors (Lipinski definition) is 4. The topological polar surface area (TPSA) is 87.7 Å². The molecule has 29 heavy (non-hydrogen) atoms. The highest BCUT2D eigenvalue weighted by Gasteiger charge is 2.31. The number of nitrogens with zero attached hydrogens (tertiary/aromatic N) is 1. The first kappa shape index (κ1) is 20.4. The van der Waals surface area contributed by atoms with Gasteiger partial charge >= 0.3 is 6.03 Å². The molecule has 0 unspecified atom stereocenters. The lowest BCUT2D eigenvalue weighted by atomic mass is 9.85. The third-order valence-electron chi connectivity index (χ3n) is 4.70. The molecular formula is C22H25N3O4. The maximum absolute atomic E-state index is 12.7. The van der Waals surface area contributed by atoms with E-state index in [1.165, 1.54) is 7.11 Å². The fourth-order valence-corrected chi connectivity index (χ4v) is 3.24. The van der Waals surface area contributed by atoms with Crippen molar-refractivity contribution in [2.75, 3.05) is 23.9 Å². The van der Waals surface area contributed by atoms with Crippen molar-refractivity contribution in [1.29, 1.82) is 0 Å². The van der Waals surface area contributed by atoms with Crippen LogP contribution in [-0.4, -0.2) is 31.5 Å². The minimum absolute atomic E-state index is 0.217. The van der Waals surface area contributed by atoms with Crippen LogP contribution in [0.1, 0.15) is 43.1 Å². The predicted octanol–water partition coefficient (Wildman–Crippen LogP) is 3.69. The fraction of sp³-hybridized carbons (Fsp3) is 0.318. The van der Waals surface area contributed by atoms with Crippen LogP contribution in [0.2, 0.25) is 0 Å². The lowest BCUT2D eigenvalue weighted by molar-refractivity contribution is -0.118. The third-order valence-corrected chi connectivity index (χ3v) is 4.70. The van der Waals surface area contributed by atoms with Crippen LogP contribution in [0, 0.1) is 0 Å². The number of amides is 4. The molecule has 0 bridgehead atoms. The summed E-state index contributed by atoms with van der Waals surface area (Å²) >= 11 is 0. The molecular weight excluding hydrogens is 370 g/mol. The van der Waals surface area contributed by atoms with Gasteiger partial charge in [0.2, 0.25) is 5.91 Å². The summed E-state index contributed by atoms with van der Waals surface area (Å²) in [4.78, 5) is 38.6. The Morgan fingerprint density at radius 2 is 1.83 bits per heavy atom. The summed E-state index contributed by atoms with van der Waals surface area (Å²) in [6.45, 7) is 6.30. The Labute approximate surface area is 170 Å². The second-order valence-electron chi connectivity index (χ2n) is 7.86. The first-order valence-corrected chi connectivity index (χ1v) is 9.42. The van der Waals surface area contributed by atoms with E-state index in [1.807, 2.05) is 26.8 Å². The molecule has 4 amide bonds. The number of carbonyl (C=O) groups is 3. The number of hydrogen-bond donors (Lipinski definition) is 2. The number of nitrogens with one attached hydrogen (secondary N) is 2. The quantitative estimate of drug-likeness (QED) is 0.826. The molecule has 1 aliphatic heterocycles. The number of rotatable bonds is 4. The van der Waals surface area contributed by atoms with Crippen molar-refractivity contribution in [2.45, 2.75) is 32.6 Å². The van der Waals surface area contributed by atoms with Crippen LogP contribution in [0.25, 0.3) is 0 Å². The lowest BCUT2D eigenvalue weighted by Gasteiger charge is -2.30. The second kappa shape index (κ2) is 7.95. The average molecular weight is 395 g/mol. The number of anilines is 2. The second-order valence-corrected chi connectivity index (χ2v) is 7.86. The van der Waals surface area contributed by atoms with Crippen LogP contribution in [0.3, 0.4) is 0 Å². The number of imide groups is 1. The Hall–Kier alpha value is -3.35. The van der Waals surface area contributed by atoms with Gasteiger partial charge in [-0.15, -0.1) is 0 Å². The molecule has 2 aromatic carbocycles. The van der Waals surface area contributed by atoms with Gasteiger partial charge in [0.05, 0.1) is 18.5 Å². The molecule has 0 saturated carbocycles. The van der Waals surface area contributed by atoms with Crippen molar-refractivity contribution in [3.05, 3.63) is 53.6 Å². The van der Waals surface area contributed by atoms with Crippen molar-refractivity contribution < 1.29 is 19.1 Å². The summed E-state index contributed by atoms with van der Waals surface area (Å²) in [6, 6.07) is 11.7. The molecule has 1 fully saturated rings. The first-order chi connectivity index (χ1) is 13.7. The van der Waals surface area contributed by atoms with Crippen LogP contribution in [0.5, 0.6) is 5.75 Å². The van der Waals surface area contributed by atoms with Gasteiger partial charge < -0.3 is 15.4 Å². The van der Waals surface area contributed by atoms with Gasteiger partial charge in [0.1, 0.15) is 5.75 Å². The van der Waals surface area contributed by atoms with Crippen molar-refractivity contribution in [1.82, 2.24) is 5.32 Å². The molecule has 2 N–H and O–H groups in total. The van der Waals surface area contributed by atoms with E-state index in [0.717, 1.165) is 10.5 Å². The van der Waals surface area contributed by atoms with Gasteiger partial charge in [0.25, 0.3) is 5.91 Å². The number of ether oxygens (including phenoxy) is 1. The Morgan fingerprint density at radius 1 is 1.14 bits per heavy atom. The third kappa shape index (κ3) is 4.23. The van der Waals surface area contributed by atoms with E-state index >= 15 is 0 Å². The van der Waals surface area contributed by atoms with Gasteiger partial charge in [-0.1, -0.05) is 39.0 Å². The van der Waals surface area contributed by atoms with Gasteiger partial charge in [-0.2, -0.15) is 0 Å². The molecule has 1 heterocycles. The number of benzene rings is 2. The van der Waals surface area contributed by atoms with Gasteiger partial charge in [-0.25, -0.2) is 9.69 Å². The molecule has 0 radical (unpaired) electrons. The zero-order valence-electron chi connectivity index (χ0n) is 17.0. The molecule has 1 saturated heterocycles. The zero-order valence-corrected chi connectivity index (χ0v) is 17.0. The molecule has 7 nitrogen and oxygen atoms in total. The summed E-state index contributed by atoms with van der Waals surface area (Å²) in [5, 5.41) is 5.55. The molecule has 0 spiro atoms. The molecule has 2 aromatic rings. The van der Waals surface area contributed by atoms with Crippen molar-refractivity contribution in [3.8, 4) is 5.75 Å². The Balaban J connectivity index is 2.11. The summed E-state index contributed by atoms with van der Waals surface area (Å²) in [5.41, 5.74) is 1.69. The highest BCUT2D eigenvalue weighted by molar-refractivity contribution is 6.16. The van der Waals surface area contributed by atoms with Crippen molar-refractivity contribution in [3.63, 3.8) is 0 Å². The molecule has 0 aliphatic carbocycles. The molecule has 1 aliphatic rings. The highest BCUT2D eigenvalue weighted by Crippen LogP contribution is 2.41. The highest BCUT2D eigenvalue weighted by atomic mass is 16.5. The van der Waals surface area contributed by atoms with E-state index in [4.69, 9.17) is 4.74 Å². The Morgan fingerprint density at radius 3 is 2.41 bits per heavy atom. The maximum atomic E-state index is 12.7. The lowest BCUT2D eigenvalue weighted by Crippen LogP contribution is -2.50. The minimum Gasteiger partial charge on any atom is -0.494 e. The summed E-state index contributed by atoms with van der Waals surface area (Å²) in [7, 11) is 1.53. The van der Waals surface area contributed by atoms with Crippen LogP contribution in [0.4, 0.5) is 16.2 Å². The van der Waals surface area contributed by atoms with E-state index in [2.05, 4.69) is 10.6 Å². The fourth-order valence-electron chi connectivity index (χ4n) is 3.24. The van der Waals surface area contributed by atoms with E-state index in [0.29, 0.717) is 29.2 Å². The zero-order chi connectivity index (χ0) is 21.2. The van der Waals surface area contributed by atoms with Gasteiger partial charge in [-0.3, -0.25) is 9.59 Å². The molecule has 3 rings (SSSR count). The van der Waals surface area contributed by atoms with Gasteiger partial charge in [0, 0.05) is 24.1 Å². The molecule has 152 valence electrons. The molecule has 7 heteroatoms. The Bertz CT molecular complexity index is 933. The van der Waals surface area contributed by atoms with Crippen LogP contribution in [0.15, 0.2) is 42.5 Å². The van der Waals surface area contributed by atoms with Crippen LogP contribution < -0.4 is 20.3 Å². The summed E-state index contributed by atoms with van der Waals surface area (Å²) in [6.07, 6.45) is 0.217. The number of urea groups is 1. The van der Waals surface area contributed by atoms with E-state index in [1.54, 1.807) is 36.4 Å². The molecule has 0 atom stereocenters. The van der Waals surface area contributed by atoms with E-state index in [-0.39, 0.29) is 23.7 Å². The predicted molar refractivity (Wildman–Crippen MR) is 112 cm³/mol. The Kier molecular flexibility index (Phi) is 5.59. The SMILES string of the molecule is COc1c(NC(=O)c2ccccc2)cc(N2C(=O)CCNC2=O)cc1C(C)(C)C. The summed E-state index contributed by atoms with van der Waals surface area (Å²) in [5.74, 6) is -0.107. The number of carbonyl (C=O) groups excluding carboxylic acids is 3. The first-order valence-electron chi connectivity index (χ1n) is 9.42. The maximum Gasteiger partial charge on any atom is 0.328 e. The van der Waals surface area contributed by atoms with Crippen molar-refractivity contribution in [2.24, 2.45) is 0 Å². The molecule has 0 aromatic heterocycles. The standard InChI is InChI=1S/C22H25N3O4/c1-22(2,3)16-12-15(25-18(26)10-11-23-21(25)28)13-17(19(16)29-4)24-20(27)14-8-6-5-7-9-14/h5-9,12-13H,10-11H2,1-4H3,(H,23,28)(H,24,27). The largest absolute Gasteiger partial charge is 0.494 e.